The van der Waals surface area contributed by atoms with Crippen molar-refractivity contribution < 1.29 is 13.6 Å². The molecule has 0 spiro atoms. The van der Waals surface area contributed by atoms with E-state index in [9.17, 15) is 13.6 Å². The molecule has 6 heteroatoms. The van der Waals surface area contributed by atoms with Gasteiger partial charge in [0.1, 0.15) is 17.5 Å². The highest BCUT2D eigenvalue weighted by molar-refractivity contribution is 9.10. The summed E-state index contributed by atoms with van der Waals surface area (Å²) in [5.74, 6) is -1.66. The van der Waals surface area contributed by atoms with Gasteiger partial charge in [0.05, 0.1) is 6.42 Å². The summed E-state index contributed by atoms with van der Waals surface area (Å²) in [6, 6.07) is 5.16. The Morgan fingerprint density at radius 3 is 2.60 bits per heavy atom. The van der Waals surface area contributed by atoms with Crippen molar-refractivity contribution in [1.29, 1.82) is 0 Å². The van der Waals surface area contributed by atoms with Crippen LogP contribution in [-0.2, 0) is 11.2 Å². The number of pyridine rings is 1. The van der Waals surface area contributed by atoms with E-state index in [0.717, 1.165) is 22.2 Å². The van der Waals surface area contributed by atoms with Gasteiger partial charge in [-0.1, -0.05) is 6.07 Å². The first kappa shape index (κ1) is 14.6. The molecule has 0 saturated heterocycles. The lowest BCUT2D eigenvalue weighted by atomic mass is 10.1. The van der Waals surface area contributed by atoms with E-state index in [2.05, 4.69) is 26.2 Å². The molecule has 0 saturated carbocycles. The molecule has 104 valence electrons. The van der Waals surface area contributed by atoms with Crippen LogP contribution in [0.25, 0.3) is 0 Å². The molecule has 1 heterocycles. The number of halogens is 3. The molecule has 0 radical (unpaired) electrons. The number of rotatable bonds is 3. The summed E-state index contributed by atoms with van der Waals surface area (Å²) in [6.45, 7) is 1.85. The molecule has 0 atom stereocenters. The maximum atomic E-state index is 13.4. The quantitative estimate of drug-likeness (QED) is 0.927. The van der Waals surface area contributed by atoms with Gasteiger partial charge in [-0.25, -0.2) is 13.8 Å². The molecular weight excluding hydrogens is 330 g/mol. The Hall–Kier alpha value is -1.82. The number of hydrogen-bond donors (Lipinski definition) is 1. The molecule has 1 aromatic heterocycles. The second-order valence-corrected chi connectivity index (χ2v) is 5.10. The van der Waals surface area contributed by atoms with E-state index in [0.29, 0.717) is 5.82 Å². The topological polar surface area (TPSA) is 42.0 Å². The normalized spacial score (nSPS) is 10.4. The van der Waals surface area contributed by atoms with Gasteiger partial charge in [0.25, 0.3) is 0 Å². The summed E-state index contributed by atoms with van der Waals surface area (Å²) in [5, 5.41) is 2.51. The number of benzene rings is 1. The lowest BCUT2D eigenvalue weighted by molar-refractivity contribution is -0.115. The van der Waals surface area contributed by atoms with Crippen molar-refractivity contribution >= 4 is 27.7 Å². The average Bonchev–Trinajstić information content (AvgIpc) is 2.38. The van der Waals surface area contributed by atoms with E-state index in [1.54, 1.807) is 12.3 Å². The summed E-state index contributed by atoms with van der Waals surface area (Å²) >= 11 is 3.29. The fraction of sp³-hybridized carbons (Fsp3) is 0.143. The molecule has 1 N–H and O–H groups in total. The second-order valence-electron chi connectivity index (χ2n) is 4.24. The minimum atomic E-state index is -0.736. The largest absolute Gasteiger partial charge is 0.310 e. The third-order valence-electron chi connectivity index (χ3n) is 2.71. The monoisotopic (exact) mass is 340 g/mol. The zero-order valence-corrected chi connectivity index (χ0v) is 12.2. The Morgan fingerprint density at radius 1 is 1.35 bits per heavy atom. The number of anilines is 1. The third kappa shape index (κ3) is 3.39. The maximum Gasteiger partial charge on any atom is 0.230 e. The molecule has 2 aromatic rings. The SMILES string of the molecule is Cc1cc(NC(=O)Cc2c(F)cccc2F)ncc1Br. The smallest absolute Gasteiger partial charge is 0.230 e. The van der Waals surface area contributed by atoms with E-state index < -0.39 is 17.5 Å². The Kier molecular flexibility index (Phi) is 4.44. The molecular formula is C14H11BrF2N2O. The van der Waals surface area contributed by atoms with Gasteiger partial charge in [-0.15, -0.1) is 0 Å². The lowest BCUT2D eigenvalue weighted by Crippen LogP contribution is -2.17. The molecule has 0 fully saturated rings. The van der Waals surface area contributed by atoms with Crippen LogP contribution in [0.2, 0.25) is 0 Å². The summed E-state index contributed by atoms with van der Waals surface area (Å²) < 4.78 is 27.7. The summed E-state index contributed by atoms with van der Waals surface area (Å²) in [7, 11) is 0. The van der Waals surface area contributed by atoms with Crippen molar-refractivity contribution in [1.82, 2.24) is 4.98 Å². The van der Waals surface area contributed by atoms with Crippen molar-refractivity contribution in [3.63, 3.8) is 0 Å². The van der Waals surface area contributed by atoms with E-state index in [1.807, 2.05) is 6.92 Å². The minimum absolute atomic E-state index is 0.251. The first-order valence-corrected chi connectivity index (χ1v) is 6.61. The van der Waals surface area contributed by atoms with Crippen molar-refractivity contribution in [2.75, 3.05) is 5.32 Å². The fourth-order valence-electron chi connectivity index (χ4n) is 1.66. The van der Waals surface area contributed by atoms with Crippen LogP contribution in [0.4, 0.5) is 14.6 Å². The molecule has 0 aliphatic carbocycles. The van der Waals surface area contributed by atoms with Gasteiger partial charge in [-0.2, -0.15) is 0 Å². The van der Waals surface area contributed by atoms with Crippen LogP contribution >= 0.6 is 15.9 Å². The van der Waals surface area contributed by atoms with Gasteiger partial charge < -0.3 is 5.32 Å². The van der Waals surface area contributed by atoms with E-state index in [1.165, 1.54) is 6.07 Å². The van der Waals surface area contributed by atoms with Crippen molar-refractivity contribution in [2.24, 2.45) is 0 Å². The first-order valence-electron chi connectivity index (χ1n) is 5.82. The van der Waals surface area contributed by atoms with Crippen LogP contribution in [0.15, 0.2) is 34.9 Å². The Morgan fingerprint density at radius 2 is 2.00 bits per heavy atom. The Labute approximate surface area is 123 Å². The van der Waals surface area contributed by atoms with Gasteiger partial charge >= 0.3 is 0 Å². The van der Waals surface area contributed by atoms with E-state index in [-0.39, 0.29) is 12.0 Å². The molecule has 2 rings (SSSR count). The number of aromatic nitrogens is 1. The lowest BCUT2D eigenvalue weighted by Gasteiger charge is -2.07. The molecule has 0 aliphatic rings. The van der Waals surface area contributed by atoms with Crippen LogP contribution in [0, 0.1) is 18.6 Å². The van der Waals surface area contributed by atoms with Crippen molar-refractivity contribution in [3.8, 4) is 0 Å². The first-order chi connectivity index (χ1) is 9.47. The Balaban J connectivity index is 2.11. The predicted molar refractivity (Wildman–Crippen MR) is 75.4 cm³/mol. The summed E-state index contributed by atoms with van der Waals surface area (Å²) in [4.78, 5) is 15.8. The highest BCUT2D eigenvalue weighted by atomic mass is 79.9. The van der Waals surface area contributed by atoms with Crippen LogP contribution in [0.5, 0.6) is 0 Å². The van der Waals surface area contributed by atoms with Crippen molar-refractivity contribution in [3.05, 3.63) is 57.7 Å². The van der Waals surface area contributed by atoms with Gasteiger partial charge in [-0.3, -0.25) is 4.79 Å². The van der Waals surface area contributed by atoms with E-state index in [4.69, 9.17) is 0 Å². The summed E-state index contributed by atoms with van der Waals surface area (Å²) in [6.07, 6.45) is 1.17. The molecule has 3 nitrogen and oxygen atoms in total. The number of nitrogens with zero attached hydrogens (tertiary/aromatic N) is 1. The molecule has 0 aliphatic heterocycles. The average molecular weight is 341 g/mol. The zero-order chi connectivity index (χ0) is 14.7. The Bertz CT molecular complexity index is 641. The third-order valence-corrected chi connectivity index (χ3v) is 3.54. The highest BCUT2D eigenvalue weighted by Gasteiger charge is 2.13. The highest BCUT2D eigenvalue weighted by Crippen LogP contribution is 2.18. The number of aryl methyl sites for hydroxylation is 1. The number of amides is 1. The van der Waals surface area contributed by atoms with Crippen LogP contribution < -0.4 is 5.32 Å². The zero-order valence-electron chi connectivity index (χ0n) is 10.6. The number of carbonyl (C=O) groups excluding carboxylic acids is 1. The fourth-order valence-corrected chi connectivity index (χ4v) is 1.87. The molecule has 20 heavy (non-hydrogen) atoms. The van der Waals surface area contributed by atoms with Gasteiger partial charge in [-0.05, 0) is 46.6 Å². The van der Waals surface area contributed by atoms with Gasteiger partial charge in [0, 0.05) is 16.2 Å². The molecule has 1 aromatic carbocycles. The van der Waals surface area contributed by atoms with Crippen LogP contribution in [0.3, 0.4) is 0 Å². The predicted octanol–water partition coefficient (Wildman–Crippen LogP) is 3.61. The second kappa shape index (κ2) is 6.09. The maximum absolute atomic E-state index is 13.4. The molecule has 1 amide bonds. The number of nitrogens with one attached hydrogen (secondary N) is 1. The minimum Gasteiger partial charge on any atom is -0.310 e. The number of hydrogen-bond acceptors (Lipinski definition) is 2. The number of carbonyl (C=O) groups is 1. The van der Waals surface area contributed by atoms with Crippen LogP contribution in [0.1, 0.15) is 11.1 Å². The standard InChI is InChI=1S/C14H11BrF2N2O/c1-8-5-13(18-7-10(8)15)19-14(20)6-9-11(16)3-2-4-12(9)17/h2-5,7H,6H2,1H3,(H,18,19,20). The van der Waals surface area contributed by atoms with E-state index >= 15 is 0 Å². The summed E-state index contributed by atoms with van der Waals surface area (Å²) in [5.41, 5.74) is 0.645. The molecule has 0 bridgehead atoms. The van der Waals surface area contributed by atoms with Gasteiger partial charge in [0.15, 0.2) is 0 Å². The van der Waals surface area contributed by atoms with Gasteiger partial charge in [0.2, 0.25) is 5.91 Å². The van der Waals surface area contributed by atoms with Crippen LogP contribution in [-0.4, -0.2) is 10.9 Å². The van der Waals surface area contributed by atoms with Crippen molar-refractivity contribution in [2.45, 2.75) is 13.3 Å². The molecule has 0 unspecified atom stereocenters.